The monoisotopic (exact) mass is 441 g/mol. The molecule has 0 fully saturated rings. The minimum Gasteiger partial charge on any atom is -0.350 e. The van der Waals surface area contributed by atoms with Crippen LogP contribution in [0.5, 0.6) is 0 Å². The topological polar surface area (TPSA) is 88.9 Å². The number of aryl methyl sites for hydroxylation is 3. The zero-order valence-electron chi connectivity index (χ0n) is 19.1. The fourth-order valence-electron chi connectivity index (χ4n) is 3.84. The van der Waals surface area contributed by atoms with Crippen LogP contribution < -0.4 is 10.6 Å². The Kier molecular flexibility index (Phi) is 6.49. The number of fused-ring (bicyclic) bond motifs is 1. The van der Waals surface area contributed by atoms with E-state index < -0.39 is 0 Å². The lowest BCUT2D eigenvalue weighted by molar-refractivity contribution is 0.0943. The van der Waals surface area contributed by atoms with Gasteiger partial charge in [0.25, 0.3) is 11.8 Å². The molecule has 0 saturated heterocycles. The van der Waals surface area contributed by atoms with Crippen LogP contribution in [0.2, 0.25) is 0 Å². The molecule has 0 bridgehead atoms. The molecule has 2 N–H and O–H groups in total. The predicted molar refractivity (Wildman–Crippen MR) is 128 cm³/mol. The number of benzene rings is 2. The highest BCUT2D eigenvalue weighted by Crippen LogP contribution is 2.20. The van der Waals surface area contributed by atoms with Crippen molar-refractivity contribution in [3.8, 4) is 0 Å². The van der Waals surface area contributed by atoms with Gasteiger partial charge in [0.1, 0.15) is 11.5 Å². The minimum atomic E-state index is -0.232. The molecule has 0 aliphatic rings. The lowest BCUT2D eigenvalue weighted by Gasteiger charge is -2.11. The van der Waals surface area contributed by atoms with Crippen LogP contribution in [0.1, 0.15) is 43.5 Å². The summed E-state index contributed by atoms with van der Waals surface area (Å²) < 4.78 is 1.89. The Bertz CT molecular complexity index is 1310. The molecule has 0 atom stereocenters. The van der Waals surface area contributed by atoms with Gasteiger partial charge in [0.05, 0.1) is 11.3 Å². The fourth-order valence-corrected chi connectivity index (χ4v) is 3.84. The third-order valence-electron chi connectivity index (χ3n) is 5.61. The summed E-state index contributed by atoms with van der Waals surface area (Å²) in [5.41, 5.74) is 4.80. The molecular weight excluding hydrogens is 414 g/mol. The van der Waals surface area contributed by atoms with Gasteiger partial charge in [-0.05, 0) is 37.6 Å². The Morgan fingerprint density at radius 3 is 2.55 bits per heavy atom. The van der Waals surface area contributed by atoms with E-state index in [0.29, 0.717) is 42.3 Å². The molecule has 0 unspecified atom stereocenters. The van der Waals surface area contributed by atoms with Gasteiger partial charge in [0.15, 0.2) is 0 Å². The zero-order valence-corrected chi connectivity index (χ0v) is 19.1. The van der Waals surface area contributed by atoms with Crippen LogP contribution in [0.4, 0.5) is 0 Å². The molecule has 7 heteroatoms. The van der Waals surface area contributed by atoms with Crippen LogP contribution in [-0.4, -0.2) is 32.9 Å². The molecule has 0 saturated carbocycles. The van der Waals surface area contributed by atoms with Gasteiger partial charge in [-0.2, -0.15) is 0 Å². The van der Waals surface area contributed by atoms with Crippen molar-refractivity contribution in [2.75, 3.05) is 6.54 Å². The molecule has 2 amide bonds. The van der Waals surface area contributed by atoms with E-state index in [1.807, 2.05) is 67.1 Å². The van der Waals surface area contributed by atoms with Gasteiger partial charge in [-0.1, -0.05) is 42.0 Å². The van der Waals surface area contributed by atoms with Crippen LogP contribution >= 0.6 is 0 Å². The van der Waals surface area contributed by atoms with Crippen molar-refractivity contribution in [2.24, 2.45) is 7.05 Å². The summed E-state index contributed by atoms with van der Waals surface area (Å²) >= 11 is 0. The summed E-state index contributed by atoms with van der Waals surface area (Å²) in [4.78, 5) is 34.2. The average Bonchev–Trinajstić information content (AvgIpc) is 3.13. The summed E-state index contributed by atoms with van der Waals surface area (Å²) in [7, 11) is 1.88. The molecule has 0 spiro atoms. The van der Waals surface area contributed by atoms with Gasteiger partial charge in [-0.15, -0.1) is 0 Å². The number of hydrogen-bond acceptors (Lipinski definition) is 4. The van der Waals surface area contributed by atoms with E-state index in [4.69, 9.17) is 0 Å². The van der Waals surface area contributed by atoms with Crippen molar-refractivity contribution < 1.29 is 9.59 Å². The third kappa shape index (κ3) is 5.09. The number of aromatic nitrogens is 3. The van der Waals surface area contributed by atoms with Gasteiger partial charge in [-0.3, -0.25) is 9.59 Å². The Balaban J connectivity index is 1.42. The van der Waals surface area contributed by atoms with Gasteiger partial charge in [0.2, 0.25) is 0 Å². The van der Waals surface area contributed by atoms with E-state index in [-0.39, 0.29) is 11.8 Å². The molecule has 33 heavy (non-hydrogen) atoms. The largest absolute Gasteiger partial charge is 0.350 e. The Morgan fingerprint density at radius 1 is 0.970 bits per heavy atom. The van der Waals surface area contributed by atoms with Crippen LogP contribution in [0.3, 0.4) is 0 Å². The maximum atomic E-state index is 12.8. The van der Waals surface area contributed by atoms with Crippen molar-refractivity contribution in [2.45, 2.75) is 26.8 Å². The summed E-state index contributed by atoms with van der Waals surface area (Å²) in [6, 6.07) is 17.7. The first kappa shape index (κ1) is 22.2. The van der Waals surface area contributed by atoms with Crippen LogP contribution in [0, 0.1) is 13.8 Å². The molecule has 2 aromatic heterocycles. The number of hydrogen-bond donors (Lipinski definition) is 2. The maximum Gasteiger partial charge on any atom is 0.267 e. The third-order valence-corrected chi connectivity index (χ3v) is 5.61. The van der Waals surface area contributed by atoms with Crippen molar-refractivity contribution in [1.82, 2.24) is 25.2 Å². The van der Waals surface area contributed by atoms with Crippen LogP contribution in [0.25, 0.3) is 10.9 Å². The van der Waals surface area contributed by atoms with Crippen molar-refractivity contribution >= 4 is 22.7 Å². The molecule has 7 nitrogen and oxygen atoms in total. The first-order chi connectivity index (χ1) is 15.9. The van der Waals surface area contributed by atoms with E-state index in [1.54, 1.807) is 13.1 Å². The number of carbonyl (C=O) groups is 2. The van der Waals surface area contributed by atoms with Gasteiger partial charge < -0.3 is 15.2 Å². The van der Waals surface area contributed by atoms with E-state index in [0.717, 1.165) is 22.0 Å². The number of rotatable bonds is 7. The number of amides is 2. The summed E-state index contributed by atoms with van der Waals surface area (Å²) in [5.74, 6) is 0.191. The average molecular weight is 442 g/mol. The lowest BCUT2D eigenvalue weighted by atomic mass is 10.1. The molecule has 2 aromatic carbocycles. The van der Waals surface area contributed by atoms with Crippen LogP contribution in [0.15, 0.2) is 60.8 Å². The molecule has 4 rings (SSSR count). The second-order valence-corrected chi connectivity index (χ2v) is 8.10. The SMILES string of the molecule is Cc1ccc2c(c1)cc(C(=O)NCCc1nc(C)ncc1C(=O)NCc1ccccc1)n2C. The van der Waals surface area contributed by atoms with Gasteiger partial charge >= 0.3 is 0 Å². The summed E-state index contributed by atoms with van der Waals surface area (Å²) in [5, 5.41) is 6.91. The first-order valence-electron chi connectivity index (χ1n) is 10.9. The summed E-state index contributed by atoms with van der Waals surface area (Å²) in [6.45, 7) is 4.59. The first-order valence-corrected chi connectivity index (χ1v) is 10.9. The van der Waals surface area contributed by atoms with Crippen LogP contribution in [-0.2, 0) is 20.0 Å². The highest BCUT2D eigenvalue weighted by molar-refractivity contribution is 5.99. The second kappa shape index (κ2) is 9.65. The second-order valence-electron chi connectivity index (χ2n) is 8.10. The lowest BCUT2D eigenvalue weighted by Crippen LogP contribution is -2.29. The van der Waals surface area contributed by atoms with E-state index in [1.165, 1.54) is 0 Å². The zero-order chi connectivity index (χ0) is 23.4. The summed E-state index contributed by atoms with van der Waals surface area (Å²) in [6.07, 6.45) is 1.97. The molecule has 0 aliphatic heterocycles. The minimum absolute atomic E-state index is 0.160. The van der Waals surface area contributed by atoms with E-state index in [9.17, 15) is 9.59 Å². The van der Waals surface area contributed by atoms with Crippen molar-refractivity contribution in [3.63, 3.8) is 0 Å². The Morgan fingerprint density at radius 2 is 1.76 bits per heavy atom. The standard InChI is InChI=1S/C26H27N5O2/c1-17-9-10-23-20(13-17)14-24(31(23)3)26(33)27-12-11-22-21(16-28-18(2)30-22)25(32)29-15-19-7-5-4-6-8-19/h4-10,13-14,16H,11-12,15H2,1-3H3,(H,27,33)(H,29,32). The van der Waals surface area contributed by atoms with Gasteiger partial charge in [-0.25, -0.2) is 9.97 Å². The Labute approximate surface area is 192 Å². The molecule has 168 valence electrons. The van der Waals surface area contributed by atoms with Crippen molar-refractivity contribution in [3.05, 3.63) is 94.7 Å². The Hall–Kier alpha value is -4.00. The van der Waals surface area contributed by atoms with E-state index >= 15 is 0 Å². The maximum absolute atomic E-state index is 12.8. The fraction of sp³-hybridized carbons (Fsp3) is 0.231. The molecular formula is C26H27N5O2. The molecule has 4 aromatic rings. The molecule has 0 aliphatic carbocycles. The van der Waals surface area contributed by atoms with E-state index in [2.05, 4.69) is 26.7 Å². The highest BCUT2D eigenvalue weighted by atomic mass is 16.2. The highest BCUT2D eigenvalue weighted by Gasteiger charge is 2.16. The smallest absolute Gasteiger partial charge is 0.267 e. The number of carbonyl (C=O) groups excluding carboxylic acids is 2. The van der Waals surface area contributed by atoms with Gasteiger partial charge in [0, 0.05) is 43.7 Å². The predicted octanol–water partition coefficient (Wildman–Crippen LogP) is 3.49. The normalized spacial score (nSPS) is 10.9. The molecule has 0 radical (unpaired) electrons. The molecule has 2 heterocycles. The quantitative estimate of drug-likeness (QED) is 0.460. The van der Waals surface area contributed by atoms with Crippen molar-refractivity contribution in [1.29, 1.82) is 0 Å². The number of nitrogens with zero attached hydrogens (tertiary/aromatic N) is 3. The number of nitrogens with one attached hydrogen (secondary N) is 2.